The maximum atomic E-state index is 10.6. The van der Waals surface area contributed by atoms with Crippen LogP contribution in [0, 0.1) is 10.1 Å². The van der Waals surface area contributed by atoms with E-state index >= 15 is 0 Å². The summed E-state index contributed by atoms with van der Waals surface area (Å²) in [5.41, 5.74) is 1.32. The van der Waals surface area contributed by atoms with Gasteiger partial charge in [-0.3, -0.25) is 10.1 Å². The highest BCUT2D eigenvalue weighted by Crippen LogP contribution is 2.18. The molecule has 2 rings (SSSR count). The van der Waals surface area contributed by atoms with E-state index in [-0.39, 0.29) is 5.69 Å². The third kappa shape index (κ3) is 4.17. The molecule has 0 aliphatic carbocycles. The zero-order chi connectivity index (χ0) is 14.8. The highest BCUT2D eigenvalue weighted by Gasteiger charge is 2.10. The van der Waals surface area contributed by atoms with Crippen molar-refractivity contribution >= 4 is 16.7 Å². The van der Waals surface area contributed by atoms with E-state index in [1.54, 1.807) is 16.8 Å². The van der Waals surface area contributed by atoms with Crippen LogP contribution in [0.15, 0.2) is 30.9 Å². The summed E-state index contributed by atoms with van der Waals surface area (Å²) in [6.07, 6.45) is 1.66. The van der Waals surface area contributed by atoms with Crippen molar-refractivity contribution in [2.24, 2.45) is 0 Å². The first-order chi connectivity index (χ1) is 9.22. The largest absolute Gasteiger partial charge is 0.271 e. The predicted octanol–water partition coefficient (Wildman–Crippen LogP) is 3.58. The van der Waals surface area contributed by atoms with Gasteiger partial charge >= 0.3 is 0 Å². The number of benzene rings is 1. The quantitative estimate of drug-likeness (QED) is 0.482. The number of fused-ring (bicyclic) bond motifs is 1. The van der Waals surface area contributed by atoms with Gasteiger partial charge in [0.1, 0.15) is 5.52 Å². The van der Waals surface area contributed by atoms with Crippen LogP contribution in [0.3, 0.4) is 0 Å². The first kappa shape index (κ1) is 16.8. The average Bonchev–Trinajstić information content (AvgIpc) is 2.86. The molecule has 1 aromatic carbocycles. The molecule has 0 saturated carbocycles. The minimum absolute atomic E-state index is 0.0371. The second-order valence-electron chi connectivity index (χ2n) is 2.99. The molecule has 6 nitrogen and oxygen atoms in total. The molecular formula is C13H20N4O2. The van der Waals surface area contributed by atoms with Gasteiger partial charge in [0, 0.05) is 12.1 Å². The predicted molar refractivity (Wildman–Crippen MR) is 77.1 cm³/mol. The molecule has 0 saturated heterocycles. The van der Waals surface area contributed by atoms with Crippen LogP contribution in [0.25, 0.3) is 11.0 Å². The lowest BCUT2D eigenvalue weighted by molar-refractivity contribution is -0.384. The van der Waals surface area contributed by atoms with Crippen molar-refractivity contribution < 1.29 is 4.92 Å². The monoisotopic (exact) mass is 264 g/mol. The summed E-state index contributed by atoms with van der Waals surface area (Å²) in [5.74, 6) is 0. The van der Waals surface area contributed by atoms with Crippen LogP contribution in [-0.4, -0.2) is 19.9 Å². The fraction of sp³-hybridized carbons (Fsp3) is 0.385. The van der Waals surface area contributed by atoms with Gasteiger partial charge in [0.15, 0.2) is 0 Å². The number of nitro benzene ring substituents is 1. The van der Waals surface area contributed by atoms with Crippen molar-refractivity contribution in [3.05, 3.63) is 41.0 Å². The molecule has 0 spiro atoms. The van der Waals surface area contributed by atoms with Crippen LogP contribution < -0.4 is 0 Å². The van der Waals surface area contributed by atoms with Gasteiger partial charge in [0.2, 0.25) is 0 Å². The molecule has 1 aromatic heterocycles. The fourth-order valence-electron chi connectivity index (χ4n) is 1.32. The molecule has 0 atom stereocenters. The Bertz CT molecular complexity index is 534. The van der Waals surface area contributed by atoms with Crippen LogP contribution in [0.2, 0.25) is 0 Å². The summed E-state index contributed by atoms with van der Waals surface area (Å²) in [5, 5.41) is 18.3. The number of nitro groups is 1. The Morgan fingerprint density at radius 2 is 2.00 bits per heavy atom. The number of non-ortho nitro benzene ring substituents is 1. The lowest BCUT2D eigenvalue weighted by Crippen LogP contribution is -1.97. The third-order valence-electron chi connectivity index (χ3n) is 2.01. The Kier molecular flexibility index (Phi) is 7.76. The smallest absolute Gasteiger partial charge is 0.258 e. The van der Waals surface area contributed by atoms with Gasteiger partial charge in [-0.25, -0.2) is 4.68 Å². The molecule has 2 aromatic rings. The van der Waals surface area contributed by atoms with Crippen molar-refractivity contribution in [1.29, 1.82) is 0 Å². The Hall–Kier alpha value is -2.24. The van der Waals surface area contributed by atoms with E-state index in [1.165, 1.54) is 12.1 Å². The topological polar surface area (TPSA) is 73.8 Å². The molecular weight excluding hydrogens is 244 g/mol. The number of aromatic nitrogens is 3. The lowest BCUT2D eigenvalue weighted by atomic mass is 10.3. The van der Waals surface area contributed by atoms with Crippen molar-refractivity contribution in [3.63, 3.8) is 0 Å². The first-order valence-electron chi connectivity index (χ1n) is 6.31. The molecule has 0 bridgehead atoms. The molecule has 0 N–H and O–H groups in total. The second-order valence-corrected chi connectivity index (χ2v) is 2.99. The molecule has 0 unspecified atom stereocenters. The molecule has 1 heterocycles. The highest BCUT2D eigenvalue weighted by molar-refractivity contribution is 5.77. The Morgan fingerprint density at radius 1 is 1.37 bits per heavy atom. The molecule has 0 fully saturated rings. The summed E-state index contributed by atoms with van der Waals surface area (Å²) in [6.45, 7) is 12.1. The number of allylic oxidation sites excluding steroid dienone is 1. The van der Waals surface area contributed by atoms with E-state index in [2.05, 4.69) is 16.9 Å². The van der Waals surface area contributed by atoms with E-state index in [1.807, 2.05) is 27.7 Å². The highest BCUT2D eigenvalue weighted by atomic mass is 16.6. The van der Waals surface area contributed by atoms with E-state index in [4.69, 9.17) is 0 Å². The van der Waals surface area contributed by atoms with Crippen molar-refractivity contribution in [2.45, 2.75) is 34.2 Å². The molecule has 6 heteroatoms. The number of hydrogen-bond donors (Lipinski definition) is 0. The average molecular weight is 264 g/mol. The summed E-state index contributed by atoms with van der Waals surface area (Å²) < 4.78 is 1.56. The van der Waals surface area contributed by atoms with Crippen LogP contribution in [-0.2, 0) is 6.54 Å². The van der Waals surface area contributed by atoms with Gasteiger partial charge in [0.25, 0.3) is 5.69 Å². The van der Waals surface area contributed by atoms with Crippen LogP contribution in [0.5, 0.6) is 0 Å². The maximum Gasteiger partial charge on any atom is 0.271 e. The number of hydrogen-bond acceptors (Lipinski definition) is 4. The zero-order valence-corrected chi connectivity index (χ0v) is 11.8. The normalized spacial score (nSPS) is 8.84. The summed E-state index contributed by atoms with van der Waals surface area (Å²) in [4.78, 5) is 10.1. The van der Waals surface area contributed by atoms with Crippen LogP contribution in [0.4, 0.5) is 5.69 Å². The van der Waals surface area contributed by atoms with Crippen molar-refractivity contribution in [1.82, 2.24) is 15.0 Å². The molecule has 104 valence electrons. The van der Waals surface area contributed by atoms with E-state index < -0.39 is 4.92 Å². The van der Waals surface area contributed by atoms with Gasteiger partial charge in [-0.2, -0.15) is 0 Å². The van der Waals surface area contributed by atoms with Gasteiger partial charge in [-0.05, 0) is 6.07 Å². The van der Waals surface area contributed by atoms with E-state index in [0.29, 0.717) is 17.6 Å². The van der Waals surface area contributed by atoms with Crippen LogP contribution in [0.1, 0.15) is 27.7 Å². The van der Waals surface area contributed by atoms with Gasteiger partial charge in [-0.1, -0.05) is 39.0 Å². The lowest BCUT2D eigenvalue weighted by Gasteiger charge is -1.96. The number of rotatable bonds is 3. The van der Waals surface area contributed by atoms with E-state index in [9.17, 15) is 10.1 Å². The van der Waals surface area contributed by atoms with Gasteiger partial charge < -0.3 is 0 Å². The van der Waals surface area contributed by atoms with Crippen molar-refractivity contribution in [2.75, 3.05) is 0 Å². The zero-order valence-electron chi connectivity index (χ0n) is 11.8. The first-order valence-corrected chi connectivity index (χ1v) is 6.31. The SMILES string of the molecule is C=CCn1nnc2ccc([N+](=O)[O-])cc21.CC.CC. The number of nitrogens with zero attached hydrogens (tertiary/aromatic N) is 4. The summed E-state index contributed by atoms with van der Waals surface area (Å²) in [7, 11) is 0. The molecule has 0 amide bonds. The Morgan fingerprint density at radius 3 is 2.53 bits per heavy atom. The standard InChI is InChI=1S/C9H8N4O2.2C2H6/c1-2-5-12-9-6-7(13(14)15)3-4-8(9)10-11-12;2*1-2/h2-4,6H,1,5H2;2*1-2H3. The summed E-state index contributed by atoms with van der Waals surface area (Å²) in [6, 6.07) is 4.45. The molecule has 0 radical (unpaired) electrons. The van der Waals surface area contributed by atoms with Crippen molar-refractivity contribution in [3.8, 4) is 0 Å². The Labute approximate surface area is 112 Å². The van der Waals surface area contributed by atoms with Gasteiger partial charge in [-0.15, -0.1) is 11.7 Å². The van der Waals surface area contributed by atoms with Crippen LogP contribution >= 0.6 is 0 Å². The van der Waals surface area contributed by atoms with Gasteiger partial charge in [0.05, 0.1) is 17.0 Å². The third-order valence-corrected chi connectivity index (χ3v) is 2.01. The molecule has 0 aliphatic rings. The fourth-order valence-corrected chi connectivity index (χ4v) is 1.32. The summed E-state index contributed by atoms with van der Waals surface area (Å²) >= 11 is 0. The minimum atomic E-state index is -0.440. The Balaban J connectivity index is 0.000000741. The second kappa shape index (κ2) is 8.79. The van der Waals surface area contributed by atoms with E-state index in [0.717, 1.165) is 0 Å². The maximum absolute atomic E-state index is 10.6. The minimum Gasteiger partial charge on any atom is -0.258 e. The molecule has 0 aliphatic heterocycles. The molecule has 19 heavy (non-hydrogen) atoms.